The van der Waals surface area contributed by atoms with Gasteiger partial charge in [0.05, 0.1) is 23.5 Å². The molecule has 4 rings (SSSR count). The summed E-state index contributed by atoms with van der Waals surface area (Å²) >= 11 is 0. The molecular formula is C20H19N3O2. The summed E-state index contributed by atoms with van der Waals surface area (Å²) < 4.78 is 0. The Morgan fingerprint density at radius 2 is 1.88 bits per heavy atom. The fourth-order valence-corrected chi connectivity index (χ4v) is 3.61. The number of nitrogens with zero attached hydrogens (tertiary/aromatic N) is 1. The van der Waals surface area contributed by atoms with Crippen LogP contribution in [0.25, 0.3) is 10.8 Å². The summed E-state index contributed by atoms with van der Waals surface area (Å²) in [5.74, 6) is -0.0774. The summed E-state index contributed by atoms with van der Waals surface area (Å²) in [6, 6.07) is 15.6. The van der Waals surface area contributed by atoms with Crippen molar-refractivity contribution in [2.45, 2.75) is 31.7 Å². The van der Waals surface area contributed by atoms with Gasteiger partial charge in [0.25, 0.3) is 5.56 Å². The van der Waals surface area contributed by atoms with E-state index in [0.717, 1.165) is 24.6 Å². The summed E-state index contributed by atoms with van der Waals surface area (Å²) in [7, 11) is 0. The summed E-state index contributed by atoms with van der Waals surface area (Å²) in [6.07, 6.45) is 3.23. The lowest BCUT2D eigenvalue weighted by molar-refractivity contribution is -0.121. The van der Waals surface area contributed by atoms with Crippen molar-refractivity contribution < 1.29 is 4.79 Å². The van der Waals surface area contributed by atoms with Gasteiger partial charge in [-0.3, -0.25) is 9.59 Å². The Kier molecular flexibility index (Phi) is 4.06. The second-order valence-electron chi connectivity index (χ2n) is 6.43. The first kappa shape index (κ1) is 15.6. The third-order valence-electron chi connectivity index (χ3n) is 4.81. The zero-order chi connectivity index (χ0) is 17.2. The van der Waals surface area contributed by atoms with Crippen LogP contribution in [0.1, 0.15) is 35.7 Å². The van der Waals surface area contributed by atoms with E-state index in [1.54, 1.807) is 12.1 Å². The Bertz CT molecular complexity index is 993. The Labute approximate surface area is 145 Å². The molecule has 0 spiro atoms. The first-order chi connectivity index (χ1) is 12.2. The summed E-state index contributed by atoms with van der Waals surface area (Å²) in [6.45, 7) is 0. The SMILES string of the molecule is O=C(Cc1n[nH]c(=O)c2ccccc12)N[C@H]1CCCc2ccccc21. The Morgan fingerprint density at radius 3 is 2.76 bits per heavy atom. The van der Waals surface area contributed by atoms with Crippen LogP contribution < -0.4 is 10.9 Å². The Morgan fingerprint density at radius 1 is 1.12 bits per heavy atom. The summed E-state index contributed by atoms with van der Waals surface area (Å²) in [5, 5.41) is 11.0. The molecule has 3 aromatic rings. The van der Waals surface area contributed by atoms with Gasteiger partial charge < -0.3 is 5.32 Å². The third kappa shape index (κ3) is 3.05. The number of nitrogens with one attached hydrogen (secondary N) is 2. The van der Waals surface area contributed by atoms with E-state index in [0.29, 0.717) is 11.1 Å². The smallest absolute Gasteiger partial charge is 0.272 e. The van der Waals surface area contributed by atoms with Crippen LogP contribution in [-0.4, -0.2) is 16.1 Å². The van der Waals surface area contributed by atoms with Gasteiger partial charge in [-0.1, -0.05) is 42.5 Å². The second-order valence-corrected chi connectivity index (χ2v) is 6.43. The highest BCUT2D eigenvalue weighted by Crippen LogP contribution is 2.29. The molecule has 5 nitrogen and oxygen atoms in total. The minimum atomic E-state index is -0.235. The predicted molar refractivity (Wildman–Crippen MR) is 96.3 cm³/mol. The Hall–Kier alpha value is -2.95. The molecule has 25 heavy (non-hydrogen) atoms. The number of benzene rings is 2. The van der Waals surface area contributed by atoms with E-state index in [9.17, 15) is 9.59 Å². The molecular weight excluding hydrogens is 314 g/mol. The predicted octanol–water partition coefficient (Wildman–Crippen LogP) is 2.66. The van der Waals surface area contributed by atoms with Gasteiger partial charge in [0.2, 0.25) is 5.91 Å². The van der Waals surface area contributed by atoms with E-state index < -0.39 is 0 Å². The van der Waals surface area contributed by atoms with Crippen LogP contribution >= 0.6 is 0 Å². The lowest BCUT2D eigenvalue weighted by atomic mass is 9.87. The molecule has 0 aliphatic heterocycles. The fraction of sp³-hybridized carbons (Fsp3) is 0.250. The van der Waals surface area contributed by atoms with Gasteiger partial charge in [-0.05, 0) is 36.5 Å². The molecule has 1 atom stereocenters. The lowest BCUT2D eigenvalue weighted by Crippen LogP contribution is -2.32. The quantitative estimate of drug-likeness (QED) is 0.774. The van der Waals surface area contributed by atoms with E-state index in [1.165, 1.54) is 11.1 Å². The topological polar surface area (TPSA) is 74.8 Å². The fourth-order valence-electron chi connectivity index (χ4n) is 3.61. The van der Waals surface area contributed by atoms with Gasteiger partial charge in [0.1, 0.15) is 0 Å². The van der Waals surface area contributed by atoms with E-state index in [-0.39, 0.29) is 23.9 Å². The van der Waals surface area contributed by atoms with Crippen LogP contribution in [0.3, 0.4) is 0 Å². The van der Waals surface area contributed by atoms with Crippen LogP contribution in [0.15, 0.2) is 53.3 Å². The highest BCUT2D eigenvalue weighted by atomic mass is 16.1. The van der Waals surface area contributed by atoms with Crippen molar-refractivity contribution in [1.29, 1.82) is 0 Å². The molecule has 0 radical (unpaired) electrons. The maximum atomic E-state index is 12.6. The molecule has 0 unspecified atom stereocenters. The largest absolute Gasteiger partial charge is 0.349 e. The van der Waals surface area contributed by atoms with Crippen molar-refractivity contribution in [1.82, 2.24) is 15.5 Å². The van der Waals surface area contributed by atoms with Crippen LogP contribution in [0.4, 0.5) is 0 Å². The molecule has 0 saturated carbocycles. The van der Waals surface area contributed by atoms with Gasteiger partial charge >= 0.3 is 0 Å². The van der Waals surface area contributed by atoms with Gasteiger partial charge in [-0.25, -0.2) is 5.10 Å². The van der Waals surface area contributed by atoms with Crippen molar-refractivity contribution in [3.05, 3.63) is 75.7 Å². The first-order valence-corrected chi connectivity index (χ1v) is 8.56. The standard InChI is InChI=1S/C20H19N3O2/c24-19(21-17-11-5-7-13-6-1-2-8-14(13)17)12-18-15-9-3-4-10-16(15)20(25)23-22-18/h1-4,6,8-10,17H,5,7,11-12H2,(H,21,24)(H,23,25)/t17-/m0/s1. The zero-order valence-electron chi connectivity index (χ0n) is 13.8. The maximum Gasteiger partial charge on any atom is 0.272 e. The maximum absolute atomic E-state index is 12.6. The second kappa shape index (κ2) is 6.51. The number of fused-ring (bicyclic) bond motifs is 2. The average molecular weight is 333 g/mol. The number of hydrogen-bond acceptors (Lipinski definition) is 3. The molecule has 126 valence electrons. The monoisotopic (exact) mass is 333 g/mol. The molecule has 1 aromatic heterocycles. The highest BCUT2D eigenvalue weighted by molar-refractivity contribution is 5.88. The number of aromatic nitrogens is 2. The number of H-pyrrole nitrogens is 1. The normalized spacial score (nSPS) is 16.4. The number of carbonyl (C=O) groups is 1. The minimum absolute atomic E-state index is 0.0477. The molecule has 0 saturated heterocycles. The zero-order valence-corrected chi connectivity index (χ0v) is 13.8. The summed E-state index contributed by atoms with van der Waals surface area (Å²) in [4.78, 5) is 24.4. The number of amides is 1. The average Bonchev–Trinajstić information content (AvgIpc) is 2.65. The van der Waals surface area contributed by atoms with Gasteiger partial charge in [-0.15, -0.1) is 0 Å². The molecule has 1 aliphatic rings. The molecule has 1 aliphatic carbocycles. The Balaban J connectivity index is 1.56. The van der Waals surface area contributed by atoms with E-state index in [4.69, 9.17) is 0 Å². The van der Waals surface area contributed by atoms with Gasteiger partial charge in [0, 0.05) is 5.39 Å². The van der Waals surface area contributed by atoms with Crippen LogP contribution in [0, 0.1) is 0 Å². The number of aromatic amines is 1. The lowest BCUT2D eigenvalue weighted by Gasteiger charge is -2.26. The van der Waals surface area contributed by atoms with Crippen molar-refractivity contribution in [2.75, 3.05) is 0 Å². The van der Waals surface area contributed by atoms with Gasteiger partial charge in [-0.2, -0.15) is 5.10 Å². The first-order valence-electron chi connectivity index (χ1n) is 8.56. The highest BCUT2D eigenvalue weighted by Gasteiger charge is 2.22. The third-order valence-corrected chi connectivity index (χ3v) is 4.81. The van der Waals surface area contributed by atoms with Crippen LogP contribution in [0.2, 0.25) is 0 Å². The van der Waals surface area contributed by atoms with Crippen LogP contribution in [-0.2, 0) is 17.6 Å². The molecule has 2 aromatic carbocycles. The minimum Gasteiger partial charge on any atom is -0.349 e. The molecule has 1 amide bonds. The number of rotatable bonds is 3. The van der Waals surface area contributed by atoms with E-state index >= 15 is 0 Å². The molecule has 0 bridgehead atoms. The van der Waals surface area contributed by atoms with Crippen LogP contribution in [0.5, 0.6) is 0 Å². The van der Waals surface area contributed by atoms with Crippen molar-refractivity contribution >= 4 is 16.7 Å². The van der Waals surface area contributed by atoms with E-state index in [2.05, 4.69) is 27.6 Å². The molecule has 0 fully saturated rings. The van der Waals surface area contributed by atoms with Crippen molar-refractivity contribution in [2.24, 2.45) is 0 Å². The molecule has 2 N–H and O–H groups in total. The van der Waals surface area contributed by atoms with Crippen molar-refractivity contribution in [3.63, 3.8) is 0 Å². The van der Waals surface area contributed by atoms with Gasteiger partial charge in [0.15, 0.2) is 0 Å². The van der Waals surface area contributed by atoms with E-state index in [1.807, 2.05) is 24.3 Å². The number of aryl methyl sites for hydroxylation is 1. The number of carbonyl (C=O) groups excluding carboxylic acids is 1. The van der Waals surface area contributed by atoms with Crippen molar-refractivity contribution in [3.8, 4) is 0 Å². The molecule has 1 heterocycles. The summed E-state index contributed by atoms with van der Waals surface area (Å²) in [5.41, 5.74) is 2.88. The number of hydrogen-bond donors (Lipinski definition) is 2. The molecule has 5 heteroatoms.